The van der Waals surface area contributed by atoms with Crippen molar-refractivity contribution >= 4 is 6.03 Å². The molecule has 2 aliphatic rings. The number of amides is 2. The van der Waals surface area contributed by atoms with Crippen molar-refractivity contribution in [3.05, 3.63) is 0 Å². The minimum atomic E-state index is 0.201. The molecule has 0 aromatic rings. The third-order valence-corrected chi connectivity index (χ3v) is 3.78. The van der Waals surface area contributed by atoms with Crippen molar-refractivity contribution in [3.63, 3.8) is 0 Å². The number of hydrogen-bond acceptors (Lipinski definition) is 2. The van der Waals surface area contributed by atoms with Crippen molar-refractivity contribution < 1.29 is 4.79 Å². The SMILES string of the molecule is CC(C)C1CN(C)C(=O)N1C[C@@H]1CCCN1. The summed E-state index contributed by atoms with van der Waals surface area (Å²) in [5.41, 5.74) is 0. The molecule has 2 atom stereocenters. The summed E-state index contributed by atoms with van der Waals surface area (Å²) < 4.78 is 0. The van der Waals surface area contributed by atoms with Crippen LogP contribution in [0.5, 0.6) is 0 Å². The Morgan fingerprint density at radius 3 is 2.81 bits per heavy atom. The normalized spacial score (nSPS) is 30.9. The Bertz CT molecular complexity index is 261. The highest BCUT2D eigenvalue weighted by Gasteiger charge is 2.37. The fraction of sp³-hybridized carbons (Fsp3) is 0.917. The predicted octanol–water partition coefficient (Wildman–Crippen LogP) is 1.13. The van der Waals surface area contributed by atoms with E-state index in [1.807, 2.05) is 11.9 Å². The van der Waals surface area contributed by atoms with E-state index in [-0.39, 0.29) is 6.03 Å². The number of hydrogen-bond donors (Lipinski definition) is 1. The van der Waals surface area contributed by atoms with Crippen LogP contribution in [0.3, 0.4) is 0 Å². The van der Waals surface area contributed by atoms with Crippen LogP contribution in [-0.2, 0) is 0 Å². The lowest BCUT2D eigenvalue weighted by atomic mass is 10.0. The van der Waals surface area contributed by atoms with Crippen LogP contribution in [0.1, 0.15) is 26.7 Å². The number of urea groups is 1. The second-order valence-corrected chi connectivity index (χ2v) is 5.42. The molecule has 92 valence electrons. The van der Waals surface area contributed by atoms with Crippen molar-refractivity contribution in [3.8, 4) is 0 Å². The van der Waals surface area contributed by atoms with Gasteiger partial charge in [0.1, 0.15) is 0 Å². The molecular weight excluding hydrogens is 202 g/mol. The van der Waals surface area contributed by atoms with Crippen LogP contribution in [0.2, 0.25) is 0 Å². The first kappa shape index (κ1) is 11.7. The molecule has 2 fully saturated rings. The zero-order valence-electron chi connectivity index (χ0n) is 10.6. The molecule has 2 aliphatic heterocycles. The van der Waals surface area contributed by atoms with Gasteiger partial charge in [-0.2, -0.15) is 0 Å². The van der Waals surface area contributed by atoms with E-state index in [1.165, 1.54) is 12.8 Å². The highest BCUT2D eigenvalue weighted by Crippen LogP contribution is 2.22. The molecule has 0 aromatic heterocycles. The van der Waals surface area contributed by atoms with Crippen LogP contribution < -0.4 is 5.32 Å². The fourth-order valence-electron chi connectivity index (χ4n) is 2.75. The molecule has 1 N–H and O–H groups in total. The molecule has 0 aliphatic carbocycles. The standard InChI is InChI=1S/C12H23N3O/c1-9(2)11-8-14(3)12(16)15(11)7-10-5-4-6-13-10/h9-11,13H,4-8H2,1-3H3/t10-,11?/m0/s1. The highest BCUT2D eigenvalue weighted by molar-refractivity contribution is 5.77. The van der Waals surface area contributed by atoms with Gasteiger partial charge >= 0.3 is 6.03 Å². The second-order valence-electron chi connectivity index (χ2n) is 5.42. The minimum Gasteiger partial charge on any atom is -0.326 e. The Hall–Kier alpha value is -0.770. The van der Waals surface area contributed by atoms with Crippen molar-refractivity contribution in [2.45, 2.75) is 38.8 Å². The molecule has 4 nitrogen and oxygen atoms in total. The highest BCUT2D eigenvalue weighted by atomic mass is 16.2. The molecule has 2 amide bonds. The smallest absolute Gasteiger partial charge is 0.320 e. The number of carbonyl (C=O) groups excluding carboxylic acids is 1. The third kappa shape index (κ3) is 2.17. The van der Waals surface area contributed by atoms with Gasteiger partial charge < -0.3 is 15.1 Å². The first-order chi connectivity index (χ1) is 7.59. The van der Waals surface area contributed by atoms with E-state index in [0.717, 1.165) is 19.6 Å². The molecule has 0 spiro atoms. The van der Waals surface area contributed by atoms with E-state index >= 15 is 0 Å². The molecule has 2 saturated heterocycles. The Morgan fingerprint density at radius 2 is 2.25 bits per heavy atom. The van der Waals surface area contributed by atoms with E-state index in [9.17, 15) is 4.79 Å². The first-order valence-electron chi connectivity index (χ1n) is 6.34. The largest absolute Gasteiger partial charge is 0.326 e. The van der Waals surface area contributed by atoms with Crippen molar-refractivity contribution in [2.75, 3.05) is 26.7 Å². The number of nitrogens with zero attached hydrogens (tertiary/aromatic N) is 2. The quantitative estimate of drug-likeness (QED) is 0.781. The van der Waals surface area contributed by atoms with E-state index in [4.69, 9.17) is 0 Å². The summed E-state index contributed by atoms with van der Waals surface area (Å²) in [6, 6.07) is 1.10. The number of likely N-dealkylation sites (N-methyl/N-ethyl adjacent to an activating group) is 1. The van der Waals surface area contributed by atoms with Gasteiger partial charge in [0.15, 0.2) is 0 Å². The van der Waals surface area contributed by atoms with Crippen LogP contribution in [0.25, 0.3) is 0 Å². The fourth-order valence-corrected chi connectivity index (χ4v) is 2.75. The summed E-state index contributed by atoms with van der Waals surface area (Å²) in [7, 11) is 1.90. The summed E-state index contributed by atoms with van der Waals surface area (Å²) >= 11 is 0. The number of rotatable bonds is 3. The summed E-state index contributed by atoms with van der Waals surface area (Å²) in [6.07, 6.45) is 2.45. The number of carbonyl (C=O) groups is 1. The zero-order chi connectivity index (χ0) is 11.7. The van der Waals surface area contributed by atoms with Crippen molar-refractivity contribution in [1.82, 2.24) is 15.1 Å². The van der Waals surface area contributed by atoms with Crippen LogP contribution in [-0.4, -0.2) is 54.6 Å². The van der Waals surface area contributed by atoms with Crippen molar-refractivity contribution in [2.24, 2.45) is 5.92 Å². The average Bonchev–Trinajstić information content (AvgIpc) is 2.81. The molecule has 1 unspecified atom stereocenters. The Kier molecular flexibility index (Phi) is 3.38. The summed E-state index contributed by atoms with van der Waals surface area (Å²) in [5.74, 6) is 0.537. The van der Waals surface area contributed by atoms with E-state index in [2.05, 4.69) is 24.1 Å². The first-order valence-corrected chi connectivity index (χ1v) is 6.34. The molecule has 0 aromatic carbocycles. The zero-order valence-corrected chi connectivity index (χ0v) is 10.6. The Labute approximate surface area is 98.0 Å². The van der Waals surface area contributed by atoms with Gasteiger partial charge in [0.05, 0.1) is 6.04 Å². The third-order valence-electron chi connectivity index (χ3n) is 3.78. The van der Waals surface area contributed by atoms with Gasteiger partial charge in [0, 0.05) is 26.2 Å². The molecule has 2 rings (SSSR count). The molecule has 0 saturated carbocycles. The molecular formula is C12H23N3O. The summed E-state index contributed by atoms with van der Waals surface area (Å²) in [5, 5.41) is 3.47. The maximum absolute atomic E-state index is 12.0. The van der Waals surface area contributed by atoms with Crippen LogP contribution in [0.4, 0.5) is 4.79 Å². The van der Waals surface area contributed by atoms with Crippen LogP contribution in [0.15, 0.2) is 0 Å². The molecule has 0 radical (unpaired) electrons. The monoisotopic (exact) mass is 225 g/mol. The lowest BCUT2D eigenvalue weighted by Gasteiger charge is -2.28. The maximum Gasteiger partial charge on any atom is 0.320 e. The van der Waals surface area contributed by atoms with Gasteiger partial charge in [-0.3, -0.25) is 0 Å². The van der Waals surface area contributed by atoms with Gasteiger partial charge in [-0.1, -0.05) is 13.8 Å². The number of nitrogens with one attached hydrogen (secondary N) is 1. The van der Waals surface area contributed by atoms with Crippen LogP contribution >= 0.6 is 0 Å². The molecule has 0 bridgehead atoms. The Morgan fingerprint density at radius 1 is 1.50 bits per heavy atom. The predicted molar refractivity (Wildman–Crippen MR) is 64.4 cm³/mol. The van der Waals surface area contributed by atoms with Crippen LogP contribution in [0, 0.1) is 5.92 Å². The van der Waals surface area contributed by atoms with Gasteiger partial charge in [0.25, 0.3) is 0 Å². The van der Waals surface area contributed by atoms with Crippen molar-refractivity contribution in [1.29, 1.82) is 0 Å². The van der Waals surface area contributed by atoms with E-state index in [0.29, 0.717) is 18.0 Å². The Balaban J connectivity index is 2.00. The van der Waals surface area contributed by atoms with E-state index in [1.54, 1.807) is 0 Å². The lowest BCUT2D eigenvalue weighted by molar-refractivity contribution is 0.176. The van der Waals surface area contributed by atoms with Gasteiger partial charge in [-0.25, -0.2) is 4.79 Å². The van der Waals surface area contributed by atoms with Gasteiger partial charge in [-0.15, -0.1) is 0 Å². The van der Waals surface area contributed by atoms with Gasteiger partial charge in [-0.05, 0) is 25.3 Å². The summed E-state index contributed by atoms with van der Waals surface area (Å²) in [4.78, 5) is 15.9. The lowest BCUT2D eigenvalue weighted by Crippen LogP contribution is -2.44. The molecule has 16 heavy (non-hydrogen) atoms. The molecule has 4 heteroatoms. The summed E-state index contributed by atoms with van der Waals surface area (Å²) in [6.45, 7) is 7.27. The minimum absolute atomic E-state index is 0.201. The average molecular weight is 225 g/mol. The van der Waals surface area contributed by atoms with Gasteiger partial charge in [0.2, 0.25) is 0 Å². The molecule has 2 heterocycles. The topological polar surface area (TPSA) is 35.6 Å². The maximum atomic E-state index is 12.0. The van der Waals surface area contributed by atoms with E-state index < -0.39 is 0 Å². The second kappa shape index (κ2) is 4.62.